The molecule has 2 aromatic carbocycles. The molecule has 3 N–H and O–H groups in total. The maximum atomic E-state index is 13.0. The van der Waals surface area contributed by atoms with Gasteiger partial charge in [-0.3, -0.25) is 4.79 Å². The van der Waals surface area contributed by atoms with E-state index in [1.54, 1.807) is 19.1 Å². The SMILES string of the molecule is Cc1cccc(C(=O)OCC(=O)Nc2cccc(F)c2)c1N. The van der Waals surface area contributed by atoms with Crippen molar-refractivity contribution in [3.05, 3.63) is 59.4 Å². The summed E-state index contributed by atoms with van der Waals surface area (Å²) in [4.78, 5) is 23.6. The largest absolute Gasteiger partial charge is 0.452 e. The number of anilines is 2. The summed E-state index contributed by atoms with van der Waals surface area (Å²) in [5.74, 6) is -1.72. The number of esters is 1. The Morgan fingerprint density at radius 3 is 2.68 bits per heavy atom. The van der Waals surface area contributed by atoms with Gasteiger partial charge in [-0.2, -0.15) is 0 Å². The Morgan fingerprint density at radius 1 is 1.23 bits per heavy atom. The quantitative estimate of drug-likeness (QED) is 0.671. The summed E-state index contributed by atoms with van der Waals surface area (Å²) in [5, 5.41) is 2.43. The first-order valence-corrected chi connectivity index (χ1v) is 6.55. The van der Waals surface area contributed by atoms with Crippen LogP contribution < -0.4 is 11.1 Å². The van der Waals surface area contributed by atoms with Gasteiger partial charge in [0.1, 0.15) is 5.82 Å². The number of rotatable bonds is 4. The van der Waals surface area contributed by atoms with Crippen LogP contribution in [0.3, 0.4) is 0 Å². The Bertz CT molecular complexity index is 716. The first kappa shape index (κ1) is 15.5. The minimum absolute atomic E-state index is 0.207. The number of carbonyl (C=O) groups is 2. The number of para-hydroxylation sites is 1. The second-order valence-electron chi connectivity index (χ2n) is 4.67. The van der Waals surface area contributed by atoms with Crippen molar-refractivity contribution in [1.82, 2.24) is 0 Å². The number of amides is 1. The van der Waals surface area contributed by atoms with Gasteiger partial charge < -0.3 is 15.8 Å². The summed E-state index contributed by atoms with van der Waals surface area (Å²) < 4.78 is 17.9. The highest BCUT2D eigenvalue weighted by Crippen LogP contribution is 2.17. The van der Waals surface area contributed by atoms with E-state index in [0.29, 0.717) is 5.69 Å². The molecular formula is C16H15FN2O3. The molecule has 0 aliphatic rings. The topological polar surface area (TPSA) is 81.4 Å². The highest BCUT2D eigenvalue weighted by atomic mass is 19.1. The number of nitrogen functional groups attached to an aromatic ring is 1. The summed E-state index contributed by atoms with van der Waals surface area (Å²) in [6, 6.07) is 10.4. The molecule has 1 amide bonds. The molecule has 0 aliphatic carbocycles. The zero-order chi connectivity index (χ0) is 16.1. The Kier molecular flexibility index (Phi) is 4.73. The van der Waals surface area contributed by atoms with Crippen molar-refractivity contribution < 1.29 is 18.7 Å². The summed E-state index contributed by atoms with van der Waals surface area (Å²) in [6.07, 6.45) is 0. The Hall–Kier alpha value is -2.89. The molecule has 22 heavy (non-hydrogen) atoms. The molecule has 0 aromatic heterocycles. The van der Waals surface area contributed by atoms with E-state index < -0.39 is 24.3 Å². The Balaban J connectivity index is 1.93. The van der Waals surface area contributed by atoms with Crippen LogP contribution in [0, 0.1) is 12.7 Å². The fraction of sp³-hybridized carbons (Fsp3) is 0.125. The van der Waals surface area contributed by atoms with Crippen molar-refractivity contribution >= 4 is 23.3 Å². The monoisotopic (exact) mass is 302 g/mol. The van der Waals surface area contributed by atoms with Crippen LogP contribution in [0.25, 0.3) is 0 Å². The molecule has 0 saturated heterocycles. The van der Waals surface area contributed by atoms with Crippen LogP contribution in [0.15, 0.2) is 42.5 Å². The van der Waals surface area contributed by atoms with Crippen LogP contribution in [0.2, 0.25) is 0 Å². The van der Waals surface area contributed by atoms with E-state index in [1.807, 2.05) is 0 Å². The highest BCUT2D eigenvalue weighted by Gasteiger charge is 2.14. The molecule has 2 aromatic rings. The molecule has 0 unspecified atom stereocenters. The van der Waals surface area contributed by atoms with E-state index in [4.69, 9.17) is 10.5 Å². The summed E-state index contributed by atoms with van der Waals surface area (Å²) >= 11 is 0. The number of ether oxygens (including phenoxy) is 1. The lowest BCUT2D eigenvalue weighted by Crippen LogP contribution is -2.21. The average Bonchev–Trinajstić information content (AvgIpc) is 2.47. The van der Waals surface area contributed by atoms with Gasteiger partial charge in [0.05, 0.1) is 5.56 Å². The van der Waals surface area contributed by atoms with E-state index in [9.17, 15) is 14.0 Å². The van der Waals surface area contributed by atoms with Gasteiger partial charge in [0.2, 0.25) is 0 Å². The van der Waals surface area contributed by atoms with Crippen molar-refractivity contribution in [3.63, 3.8) is 0 Å². The average molecular weight is 302 g/mol. The molecule has 0 aliphatic heterocycles. The van der Waals surface area contributed by atoms with E-state index in [1.165, 1.54) is 24.3 Å². The number of halogens is 1. The molecule has 2 rings (SSSR count). The lowest BCUT2D eigenvalue weighted by atomic mass is 10.1. The number of benzene rings is 2. The van der Waals surface area contributed by atoms with Gasteiger partial charge in [-0.1, -0.05) is 18.2 Å². The number of hydrogen-bond acceptors (Lipinski definition) is 4. The van der Waals surface area contributed by atoms with Gasteiger partial charge in [-0.25, -0.2) is 9.18 Å². The molecule has 0 fully saturated rings. The van der Waals surface area contributed by atoms with Crippen LogP contribution in [-0.2, 0) is 9.53 Å². The number of carbonyl (C=O) groups excluding carboxylic acids is 2. The van der Waals surface area contributed by atoms with Gasteiger partial charge in [0.15, 0.2) is 6.61 Å². The van der Waals surface area contributed by atoms with Gasteiger partial charge in [0, 0.05) is 11.4 Å². The second kappa shape index (κ2) is 6.71. The van der Waals surface area contributed by atoms with Crippen LogP contribution in [0.4, 0.5) is 15.8 Å². The molecule has 0 saturated carbocycles. The lowest BCUT2D eigenvalue weighted by molar-refractivity contribution is -0.119. The van der Waals surface area contributed by atoms with E-state index in [0.717, 1.165) is 11.6 Å². The molecule has 114 valence electrons. The standard InChI is InChI=1S/C16H15FN2O3/c1-10-4-2-7-13(15(10)18)16(21)22-9-14(20)19-12-6-3-5-11(17)8-12/h2-8H,9,18H2,1H3,(H,19,20). The molecule has 5 nitrogen and oxygen atoms in total. The predicted molar refractivity (Wildman–Crippen MR) is 80.9 cm³/mol. The first-order chi connectivity index (χ1) is 10.5. The van der Waals surface area contributed by atoms with Gasteiger partial charge in [-0.15, -0.1) is 0 Å². The van der Waals surface area contributed by atoms with Gasteiger partial charge in [0.25, 0.3) is 5.91 Å². The van der Waals surface area contributed by atoms with Crippen molar-refractivity contribution in [2.24, 2.45) is 0 Å². The van der Waals surface area contributed by atoms with Crippen LogP contribution in [0.5, 0.6) is 0 Å². The van der Waals surface area contributed by atoms with E-state index in [-0.39, 0.29) is 11.3 Å². The summed E-state index contributed by atoms with van der Waals surface area (Å²) in [5.41, 5.74) is 7.35. The van der Waals surface area contributed by atoms with Crippen molar-refractivity contribution in [2.45, 2.75) is 6.92 Å². The minimum atomic E-state index is -0.685. The maximum absolute atomic E-state index is 13.0. The van der Waals surface area contributed by atoms with Crippen molar-refractivity contribution in [3.8, 4) is 0 Å². The second-order valence-corrected chi connectivity index (χ2v) is 4.67. The normalized spacial score (nSPS) is 10.1. The molecule has 6 heteroatoms. The number of nitrogens with one attached hydrogen (secondary N) is 1. The Morgan fingerprint density at radius 2 is 1.95 bits per heavy atom. The fourth-order valence-corrected chi connectivity index (χ4v) is 1.83. The molecule has 0 heterocycles. The van der Waals surface area contributed by atoms with E-state index in [2.05, 4.69) is 5.32 Å². The van der Waals surface area contributed by atoms with Gasteiger partial charge >= 0.3 is 5.97 Å². The third-order valence-corrected chi connectivity index (χ3v) is 2.99. The third kappa shape index (κ3) is 3.82. The maximum Gasteiger partial charge on any atom is 0.340 e. The first-order valence-electron chi connectivity index (χ1n) is 6.55. The predicted octanol–water partition coefficient (Wildman–Crippen LogP) is 2.51. The fourth-order valence-electron chi connectivity index (χ4n) is 1.83. The number of aryl methyl sites for hydroxylation is 1. The van der Waals surface area contributed by atoms with Gasteiger partial charge in [-0.05, 0) is 36.8 Å². The smallest absolute Gasteiger partial charge is 0.340 e. The molecule has 0 radical (unpaired) electrons. The Labute approximate surface area is 126 Å². The van der Waals surface area contributed by atoms with Crippen LogP contribution in [-0.4, -0.2) is 18.5 Å². The van der Waals surface area contributed by atoms with E-state index >= 15 is 0 Å². The van der Waals surface area contributed by atoms with Crippen molar-refractivity contribution in [2.75, 3.05) is 17.7 Å². The van der Waals surface area contributed by atoms with Crippen LogP contribution >= 0.6 is 0 Å². The number of hydrogen-bond donors (Lipinski definition) is 2. The third-order valence-electron chi connectivity index (χ3n) is 2.99. The van der Waals surface area contributed by atoms with Crippen molar-refractivity contribution in [1.29, 1.82) is 0 Å². The molecule has 0 spiro atoms. The number of nitrogens with two attached hydrogens (primary N) is 1. The molecule has 0 bridgehead atoms. The van der Waals surface area contributed by atoms with Crippen LogP contribution in [0.1, 0.15) is 15.9 Å². The highest BCUT2D eigenvalue weighted by molar-refractivity contribution is 5.98. The zero-order valence-corrected chi connectivity index (χ0v) is 11.9. The lowest BCUT2D eigenvalue weighted by Gasteiger charge is -2.09. The summed E-state index contributed by atoms with van der Waals surface area (Å²) in [7, 11) is 0. The zero-order valence-electron chi connectivity index (χ0n) is 11.9. The molecular weight excluding hydrogens is 287 g/mol. The minimum Gasteiger partial charge on any atom is -0.452 e. The molecule has 0 atom stereocenters. The summed E-state index contributed by atoms with van der Waals surface area (Å²) in [6.45, 7) is 1.28.